The second-order valence-corrected chi connectivity index (χ2v) is 8.41. The highest BCUT2D eigenvalue weighted by Gasteiger charge is 2.21. The van der Waals surface area contributed by atoms with Crippen molar-refractivity contribution in [3.05, 3.63) is 54.1 Å². The largest absolute Gasteiger partial charge is 0.497 e. The highest BCUT2D eigenvalue weighted by Crippen LogP contribution is 2.29. The molecule has 1 atom stereocenters. The molecular weight excluding hydrogens is 396 g/mol. The van der Waals surface area contributed by atoms with Crippen LogP contribution in [0.25, 0.3) is 11.4 Å². The van der Waals surface area contributed by atoms with Crippen molar-refractivity contribution in [2.24, 2.45) is 0 Å². The van der Waals surface area contributed by atoms with E-state index in [0.717, 1.165) is 52.9 Å². The molecule has 0 saturated heterocycles. The summed E-state index contributed by atoms with van der Waals surface area (Å²) in [5, 5.41) is 12.3. The number of benzene rings is 2. The summed E-state index contributed by atoms with van der Waals surface area (Å²) in [6.07, 6.45) is 2.08. The molecule has 1 amide bonds. The average molecular weight is 425 g/mol. The molecule has 6 nitrogen and oxygen atoms in total. The SMILES string of the molecule is CCCCn1c(SC(C)C(=O)Nc2ccccc2C)nnc1-c1ccc(OC)cc1. The first-order chi connectivity index (χ1) is 14.5. The molecule has 2 aromatic carbocycles. The number of aryl methyl sites for hydroxylation is 1. The number of carbonyl (C=O) groups excluding carboxylic acids is 1. The second-order valence-electron chi connectivity index (χ2n) is 7.10. The van der Waals surface area contributed by atoms with E-state index in [1.807, 2.05) is 62.4 Å². The zero-order valence-electron chi connectivity index (χ0n) is 17.9. The maximum Gasteiger partial charge on any atom is 0.237 e. The molecule has 3 aromatic rings. The van der Waals surface area contributed by atoms with E-state index < -0.39 is 0 Å². The fourth-order valence-corrected chi connectivity index (χ4v) is 3.88. The monoisotopic (exact) mass is 424 g/mol. The minimum Gasteiger partial charge on any atom is -0.497 e. The molecule has 0 aliphatic rings. The summed E-state index contributed by atoms with van der Waals surface area (Å²) >= 11 is 1.43. The Morgan fingerprint density at radius 1 is 1.17 bits per heavy atom. The molecule has 1 heterocycles. The predicted octanol–water partition coefficient (Wildman–Crippen LogP) is 5.18. The summed E-state index contributed by atoms with van der Waals surface area (Å²) < 4.78 is 7.35. The van der Waals surface area contributed by atoms with Gasteiger partial charge in [0.1, 0.15) is 5.75 Å². The Labute approximate surface area is 182 Å². The van der Waals surface area contributed by atoms with E-state index in [4.69, 9.17) is 4.74 Å². The summed E-state index contributed by atoms with van der Waals surface area (Å²) in [7, 11) is 1.65. The molecule has 0 bridgehead atoms. The smallest absolute Gasteiger partial charge is 0.237 e. The third-order valence-corrected chi connectivity index (χ3v) is 5.94. The van der Waals surface area contributed by atoms with Crippen LogP contribution in [0.15, 0.2) is 53.7 Å². The topological polar surface area (TPSA) is 69.0 Å². The maximum absolute atomic E-state index is 12.7. The Bertz CT molecular complexity index is 985. The average Bonchev–Trinajstić information content (AvgIpc) is 3.16. The fraction of sp³-hybridized carbons (Fsp3) is 0.348. The number of aromatic nitrogens is 3. The molecule has 1 unspecified atom stereocenters. The molecule has 158 valence electrons. The first-order valence-electron chi connectivity index (χ1n) is 10.1. The Kier molecular flexibility index (Phi) is 7.52. The number of unbranched alkanes of at least 4 members (excludes halogenated alkanes) is 1. The van der Waals surface area contributed by atoms with Crippen LogP contribution in [-0.4, -0.2) is 33.0 Å². The summed E-state index contributed by atoms with van der Waals surface area (Å²) in [6.45, 7) is 6.84. The highest BCUT2D eigenvalue weighted by molar-refractivity contribution is 8.00. The van der Waals surface area contributed by atoms with Crippen molar-refractivity contribution in [3.8, 4) is 17.1 Å². The van der Waals surface area contributed by atoms with Crippen molar-refractivity contribution in [3.63, 3.8) is 0 Å². The number of thioether (sulfide) groups is 1. The van der Waals surface area contributed by atoms with Crippen LogP contribution >= 0.6 is 11.8 Å². The Morgan fingerprint density at radius 2 is 1.90 bits per heavy atom. The minimum absolute atomic E-state index is 0.0506. The van der Waals surface area contributed by atoms with Crippen LogP contribution in [0, 0.1) is 6.92 Å². The number of amides is 1. The van der Waals surface area contributed by atoms with Crippen LogP contribution in [0.2, 0.25) is 0 Å². The normalized spacial score (nSPS) is 11.9. The van der Waals surface area contributed by atoms with E-state index in [-0.39, 0.29) is 11.2 Å². The van der Waals surface area contributed by atoms with Gasteiger partial charge in [-0.2, -0.15) is 0 Å². The van der Waals surface area contributed by atoms with Crippen LogP contribution in [0.1, 0.15) is 32.3 Å². The minimum atomic E-state index is -0.307. The van der Waals surface area contributed by atoms with Gasteiger partial charge in [-0.05, 0) is 56.2 Å². The molecule has 0 aliphatic heterocycles. The Balaban J connectivity index is 1.79. The zero-order chi connectivity index (χ0) is 21.5. The zero-order valence-corrected chi connectivity index (χ0v) is 18.7. The molecule has 1 aromatic heterocycles. The van der Waals surface area contributed by atoms with Gasteiger partial charge in [0.15, 0.2) is 11.0 Å². The predicted molar refractivity (Wildman–Crippen MR) is 122 cm³/mol. The fourth-order valence-electron chi connectivity index (χ4n) is 3.01. The Morgan fingerprint density at radius 3 is 2.57 bits per heavy atom. The van der Waals surface area contributed by atoms with Crippen molar-refractivity contribution in [2.45, 2.75) is 50.6 Å². The van der Waals surface area contributed by atoms with Gasteiger partial charge in [0.05, 0.1) is 12.4 Å². The van der Waals surface area contributed by atoms with E-state index in [1.165, 1.54) is 11.8 Å². The molecule has 0 saturated carbocycles. The van der Waals surface area contributed by atoms with E-state index in [1.54, 1.807) is 7.11 Å². The van der Waals surface area contributed by atoms with Gasteiger partial charge in [-0.1, -0.05) is 43.3 Å². The molecule has 7 heteroatoms. The lowest BCUT2D eigenvalue weighted by Crippen LogP contribution is -2.23. The van der Waals surface area contributed by atoms with Gasteiger partial charge in [-0.3, -0.25) is 4.79 Å². The van der Waals surface area contributed by atoms with Crippen molar-refractivity contribution in [1.29, 1.82) is 0 Å². The third-order valence-electron chi connectivity index (χ3n) is 4.85. The van der Waals surface area contributed by atoms with Crippen molar-refractivity contribution < 1.29 is 9.53 Å². The molecule has 1 N–H and O–H groups in total. The number of hydrogen-bond donors (Lipinski definition) is 1. The molecule has 0 fully saturated rings. The van der Waals surface area contributed by atoms with Gasteiger partial charge in [0.2, 0.25) is 5.91 Å². The Hall–Kier alpha value is -2.80. The van der Waals surface area contributed by atoms with Gasteiger partial charge >= 0.3 is 0 Å². The number of hydrogen-bond acceptors (Lipinski definition) is 5. The molecule has 0 aliphatic carbocycles. The summed E-state index contributed by atoms with van der Waals surface area (Å²) in [6, 6.07) is 15.6. The van der Waals surface area contributed by atoms with E-state index >= 15 is 0 Å². The summed E-state index contributed by atoms with van der Waals surface area (Å²) in [5.74, 6) is 1.56. The summed E-state index contributed by atoms with van der Waals surface area (Å²) in [4.78, 5) is 12.7. The van der Waals surface area contributed by atoms with Gasteiger partial charge in [0.25, 0.3) is 0 Å². The molecule has 3 rings (SSSR count). The number of para-hydroxylation sites is 1. The van der Waals surface area contributed by atoms with E-state index in [0.29, 0.717) is 0 Å². The van der Waals surface area contributed by atoms with Crippen LogP contribution in [0.4, 0.5) is 5.69 Å². The molecule has 30 heavy (non-hydrogen) atoms. The number of anilines is 1. The van der Waals surface area contributed by atoms with Crippen molar-refractivity contribution in [2.75, 3.05) is 12.4 Å². The standard InChI is InChI=1S/C23H28N4O2S/c1-5-6-15-27-21(18-11-13-19(29-4)14-12-18)25-26-23(27)30-17(3)22(28)24-20-10-8-7-9-16(20)2/h7-14,17H,5-6,15H2,1-4H3,(H,24,28). The molecule has 0 spiro atoms. The number of rotatable bonds is 9. The van der Waals surface area contributed by atoms with Crippen LogP contribution in [0.5, 0.6) is 5.75 Å². The van der Waals surface area contributed by atoms with Crippen molar-refractivity contribution in [1.82, 2.24) is 14.8 Å². The first-order valence-corrected chi connectivity index (χ1v) is 11.0. The molecular formula is C23H28N4O2S. The van der Waals surface area contributed by atoms with E-state index in [9.17, 15) is 4.79 Å². The van der Waals surface area contributed by atoms with E-state index in [2.05, 4.69) is 27.0 Å². The summed E-state index contributed by atoms with van der Waals surface area (Å²) in [5.41, 5.74) is 2.85. The lowest BCUT2D eigenvalue weighted by molar-refractivity contribution is -0.115. The number of nitrogens with zero attached hydrogens (tertiary/aromatic N) is 3. The van der Waals surface area contributed by atoms with Gasteiger partial charge in [-0.15, -0.1) is 10.2 Å². The first kappa shape index (κ1) is 21.9. The van der Waals surface area contributed by atoms with Crippen LogP contribution < -0.4 is 10.1 Å². The molecule has 0 radical (unpaired) electrons. The number of ether oxygens (including phenoxy) is 1. The van der Waals surface area contributed by atoms with Gasteiger partial charge in [0, 0.05) is 17.8 Å². The van der Waals surface area contributed by atoms with Gasteiger partial charge in [-0.25, -0.2) is 0 Å². The van der Waals surface area contributed by atoms with Crippen molar-refractivity contribution >= 4 is 23.4 Å². The number of methoxy groups -OCH3 is 1. The lowest BCUT2D eigenvalue weighted by atomic mass is 10.2. The quantitative estimate of drug-likeness (QED) is 0.479. The highest BCUT2D eigenvalue weighted by atomic mass is 32.2. The van der Waals surface area contributed by atoms with Crippen LogP contribution in [0.3, 0.4) is 0 Å². The maximum atomic E-state index is 12.7. The number of carbonyl (C=O) groups is 1. The van der Waals surface area contributed by atoms with Crippen LogP contribution in [-0.2, 0) is 11.3 Å². The second kappa shape index (κ2) is 10.3. The van der Waals surface area contributed by atoms with Gasteiger partial charge < -0.3 is 14.6 Å². The lowest BCUT2D eigenvalue weighted by Gasteiger charge is -2.14. The number of nitrogens with one attached hydrogen (secondary N) is 1. The third kappa shape index (κ3) is 5.21.